The molecule has 0 saturated carbocycles. The van der Waals surface area contributed by atoms with E-state index in [0.717, 1.165) is 0 Å². The molecule has 1 atom stereocenters. The zero-order valence-corrected chi connectivity index (χ0v) is 10.4. The number of H-pyrrole nitrogens is 1. The minimum absolute atomic E-state index is 0.248. The number of aromatic amines is 1. The molecule has 98 valence electrons. The van der Waals surface area contributed by atoms with Gasteiger partial charge in [-0.2, -0.15) is 5.10 Å². The summed E-state index contributed by atoms with van der Waals surface area (Å²) in [5.41, 5.74) is 0.576. The summed E-state index contributed by atoms with van der Waals surface area (Å²) < 4.78 is 0. The van der Waals surface area contributed by atoms with Crippen molar-refractivity contribution >= 4 is 23.5 Å². The van der Waals surface area contributed by atoms with Crippen molar-refractivity contribution in [3.63, 3.8) is 0 Å². The molecule has 2 aromatic rings. The van der Waals surface area contributed by atoms with Crippen LogP contribution >= 0.6 is 11.6 Å². The fourth-order valence-corrected chi connectivity index (χ4v) is 1.82. The van der Waals surface area contributed by atoms with Gasteiger partial charge in [0.2, 0.25) is 0 Å². The lowest BCUT2D eigenvalue weighted by atomic mass is 10.1. The summed E-state index contributed by atoms with van der Waals surface area (Å²) in [4.78, 5) is 23.1. The van der Waals surface area contributed by atoms with Crippen molar-refractivity contribution in [3.05, 3.63) is 52.8 Å². The second kappa shape index (κ2) is 5.53. The molecule has 7 heteroatoms. The zero-order valence-electron chi connectivity index (χ0n) is 9.63. The maximum atomic E-state index is 11.8. The maximum absolute atomic E-state index is 11.8. The quantitative estimate of drug-likeness (QED) is 0.792. The number of nitrogens with zero attached hydrogens (tertiary/aromatic N) is 1. The first-order valence-electron chi connectivity index (χ1n) is 5.36. The molecule has 0 fully saturated rings. The normalized spacial score (nSPS) is 11.8. The number of benzene rings is 1. The number of carbonyl (C=O) groups is 2. The summed E-state index contributed by atoms with van der Waals surface area (Å²) >= 11 is 5.94. The number of halogens is 1. The number of hydrogen-bond acceptors (Lipinski definition) is 3. The molecule has 2 rings (SSSR count). The van der Waals surface area contributed by atoms with Crippen LogP contribution in [0.15, 0.2) is 36.7 Å². The summed E-state index contributed by atoms with van der Waals surface area (Å²) in [6.07, 6.45) is 2.68. The second-order valence-electron chi connectivity index (χ2n) is 3.75. The van der Waals surface area contributed by atoms with Crippen molar-refractivity contribution in [2.45, 2.75) is 6.04 Å². The standard InChI is InChI=1S/C12H10ClN3O3/c13-9-4-2-1-3-8(9)10(12(18)19)16-11(17)7-5-14-15-6-7/h1-6,10H,(H,14,15)(H,16,17)(H,18,19)/t10-/m1/s1. The second-order valence-corrected chi connectivity index (χ2v) is 4.16. The minimum atomic E-state index is -1.21. The van der Waals surface area contributed by atoms with E-state index in [1.807, 2.05) is 0 Å². The van der Waals surface area contributed by atoms with Gasteiger partial charge in [-0.15, -0.1) is 0 Å². The van der Waals surface area contributed by atoms with Crippen molar-refractivity contribution in [3.8, 4) is 0 Å². The number of hydrogen-bond donors (Lipinski definition) is 3. The highest BCUT2D eigenvalue weighted by Gasteiger charge is 2.24. The zero-order chi connectivity index (χ0) is 13.8. The van der Waals surface area contributed by atoms with Crippen molar-refractivity contribution in [2.24, 2.45) is 0 Å². The molecule has 0 saturated heterocycles. The lowest BCUT2D eigenvalue weighted by Crippen LogP contribution is -2.33. The Morgan fingerprint density at radius 1 is 1.37 bits per heavy atom. The Morgan fingerprint density at radius 3 is 2.68 bits per heavy atom. The van der Waals surface area contributed by atoms with E-state index in [0.29, 0.717) is 5.56 Å². The number of carboxylic acids is 1. The van der Waals surface area contributed by atoms with Crippen LogP contribution in [0.25, 0.3) is 0 Å². The van der Waals surface area contributed by atoms with Crippen LogP contribution in [-0.2, 0) is 4.79 Å². The van der Waals surface area contributed by atoms with Gasteiger partial charge >= 0.3 is 5.97 Å². The molecule has 0 bridgehead atoms. The highest BCUT2D eigenvalue weighted by molar-refractivity contribution is 6.31. The van der Waals surface area contributed by atoms with E-state index in [-0.39, 0.29) is 10.6 Å². The van der Waals surface area contributed by atoms with Crippen LogP contribution < -0.4 is 5.32 Å². The van der Waals surface area contributed by atoms with Crippen molar-refractivity contribution in [1.82, 2.24) is 15.5 Å². The number of nitrogens with one attached hydrogen (secondary N) is 2. The van der Waals surface area contributed by atoms with Crippen molar-refractivity contribution in [2.75, 3.05) is 0 Å². The average Bonchev–Trinajstić information content (AvgIpc) is 2.90. The number of carboxylic acid groups (broad SMARTS) is 1. The van der Waals surface area contributed by atoms with Gasteiger partial charge in [0.25, 0.3) is 5.91 Å². The predicted molar refractivity (Wildman–Crippen MR) is 67.9 cm³/mol. The number of carbonyl (C=O) groups excluding carboxylic acids is 1. The molecular formula is C12H10ClN3O3. The van der Waals surface area contributed by atoms with Gasteiger partial charge in [-0.05, 0) is 6.07 Å². The Morgan fingerprint density at radius 2 is 2.11 bits per heavy atom. The highest BCUT2D eigenvalue weighted by Crippen LogP contribution is 2.23. The van der Waals surface area contributed by atoms with E-state index in [1.54, 1.807) is 24.3 Å². The molecule has 0 unspecified atom stereocenters. The van der Waals surface area contributed by atoms with Crippen LogP contribution in [0.1, 0.15) is 22.0 Å². The van der Waals surface area contributed by atoms with Gasteiger partial charge in [-0.1, -0.05) is 29.8 Å². The summed E-state index contributed by atoms with van der Waals surface area (Å²) in [6.45, 7) is 0. The Bertz CT molecular complexity index is 598. The highest BCUT2D eigenvalue weighted by atomic mass is 35.5. The maximum Gasteiger partial charge on any atom is 0.330 e. The number of amides is 1. The van der Waals surface area contributed by atoms with Gasteiger partial charge in [-0.25, -0.2) is 4.79 Å². The largest absolute Gasteiger partial charge is 0.479 e. The number of aromatic nitrogens is 2. The number of aliphatic carboxylic acids is 1. The average molecular weight is 280 g/mol. The van der Waals surface area contributed by atoms with Gasteiger partial charge < -0.3 is 10.4 Å². The van der Waals surface area contributed by atoms with Gasteiger partial charge in [0.1, 0.15) is 0 Å². The summed E-state index contributed by atoms with van der Waals surface area (Å²) in [5.74, 6) is -1.73. The van der Waals surface area contributed by atoms with Crippen LogP contribution in [0.3, 0.4) is 0 Å². The van der Waals surface area contributed by atoms with Crippen molar-refractivity contribution < 1.29 is 14.7 Å². The Labute approximate surface area is 113 Å². The van der Waals surface area contributed by atoms with Crippen LogP contribution in [0.5, 0.6) is 0 Å². The molecule has 1 aromatic heterocycles. The fraction of sp³-hybridized carbons (Fsp3) is 0.0833. The van der Waals surface area contributed by atoms with E-state index in [4.69, 9.17) is 11.6 Å². The third-order valence-corrected chi connectivity index (χ3v) is 2.84. The lowest BCUT2D eigenvalue weighted by molar-refractivity contribution is -0.139. The molecule has 0 aliphatic rings. The van der Waals surface area contributed by atoms with E-state index in [2.05, 4.69) is 15.5 Å². The molecule has 3 N–H and O–H groups in total. The molecule has 0 aliphatic heterocycles. The SMILES string of the molecule is O=C(N[C@@H](C(=O)O)c1ccccc1Cl)c1cn[nH]c1. The molecule has 1 amide bonds. The van der Waals surface area contributed by atoms with E-state index in [9.17, 15) is 14.7 Å². The molecule has 6 nitrogen and oxygen atoms in total. The van der Waals surface area contributed by atoms with E-state index < -0.39 is 17.9 Å². The lowest BCUT2D eigenvalue weighted by Gasteiger charge is -2.15. The van der Waals surface area contributed by atoms with Crippen molar-refractivity contribution in [1.29, 1.82) is 0 Å². The summed E-state index contributed by atoms with van der Waals surface area (Å²) in [7, 11) is 0. The van der Waals surface area contributed by atoms with E-state index >= 15 is 0 Å². The smallest absolute Gasteiger partial charge is 0.330 e. The van der Waals surface area contributed by atoms with Gasteiger partial charge in [0, 0.05) is 16.8 Å². The molecule has 0 aliphatic carbocycles. The van der Waals surface area contributed by atoms with Crippen LogP contribution in [-0.4, -0.2) is 27.2 Å². The first kappa shape index (κ1) is 13.1. The van der Waals surface area contributed by atoms with E-state index in [1.165, 1.54) is 12.4 Å². The molecule has 0 radical (unpaired) electrons. The van der Waals surface area contributed by atoms with Gasteiger partial charge in [-0.3, -0.25) is 9.89 Å². The summed E-state index contributed by atoms with van der Waals surface area (Å²) in [6, 6.07) is 5.24. The van der Waals surface area contributed by atoms with Crippen LogP contribution in [0, 0.1) is 0 Å². The topological polar surface area (TPSA) is 95.1 Å². The summed E-state index contributed by atoms with van der Waals surface area (Å²) in [5, 5.41) is 18.0. The first-order valence-corrected chi connectivity index (χ1v) is 5.74. The molecule has 19 heavy (non-hydrogen) atoms. The third-order valence-electron chi connectivity index (χ3n) is 2.50. The first-order chi connectivity index (χ1) is 9.09. The molecule has 0 spiro atoms. The third kappa shape index (κ3) is 2.92. The molecule has 1 aromatic carbocycles. The Hall–Kier alpha value is -2.34. The number of rotatable bonds is 4. The van der Waals surface area contributed by atoms with Crippen LogP contribution in [0.2, 0.25) is 5.02 Å². The predicted octanol–water partition coefficient (Wildman–Crippen LogP) is 1.62. The Kier molecular flexibility index (Phi) is 3.82. The monoisotopic (exact) mass is 279 g/mol. The fourth-order valence-electron chi connectivity index (χ4n) is 1.57. The Balaban J connectivity index is 2.25. The van der Waals surface area contributed by atoms with Gasteiger partial charge in [0.05, 0.1) is 11.8 Å². The molecular weight excluding hydrogens is 270 g/mol. The van der Waals surface area contributed by atoms with Crippen LogP contribution in [0.4, 0.5) is 0 Å². The minimum Gasteiger partial charge on any atom is -0.479 e. The molecule has 1 heterocycles. The van der Waals surface area contributed by atoms with Gasteiger partial charge in [0.15, 0.2) is 6.04 Å².